The zero-order chi connectivity index (χ0) is 56.4. The average molecular weight is 1090 g/mol. The van der Waals surface area contributed by atoms with Crippen molar-refractivity contribution in [2.45, 2.75) is 341 Å². The standard InChI is InChI=1S/C72H126O6/c1-4-7-10-13-16-19-22-25-27-29-31-32-33-34-35-36-37-38-39-40-41-43-44-47-50-53-56-59-62-65-71(74)77-68-69(67-76-70(73)64-61-58-55-52-49-46-24-21-18-15-12-9-6-3)78-72(75)66-63-60-57-54-51-48-45-42-30-28-26-23-20-17-14-11-8-5-2/h9,12,18,20-21,23,28-31,46,49,55,58,69H,4-8,10-11,13-17,19,22,24-27,32-45,47-48,50-54,56-57,59-68H2,1-3H3/b12-9-,21-18-,23-20-,30-28-,31-29-,49-46-,58-55-. The van der Waals surface area contributed by atoms with Crippen molar-refractivity contribution in [2.24, 2.45) is 0 Å². The summed E-state index contributed by atoms with van der Waals surface area (Å²) in [7, 11) is 0. The van der Waals surface area contributed by atoms with Gasteiger partial charge in [0.2, 0.25) is 0 Å². The number of hydrogen-bond donors (Lipinski definition) is 0. The van der Waals surface area contributed by atoms with Crippen molar-refractivity contribution in [3.8, 4) is 0 Å². The number of ether oxygens (including phenoxy) is 3. The molecule has 0 aliphatic rings. The highest BCUT2D eigenvalue weighted by molar-refractivity contribution is 5.71. The summed E-state index contributed by atoms with van der Waals surface area (Å²) in [6.07, 6.45) is 87.7. The molecule has 1 unspecified atom stereocenters. The van der Waals surface area contributed by atoms with Gasteiger partial charge in [0, 0.05) is 19.3 Å². The van der Waals surface area contributed by atoms with E-state index in [1.807, 2.05) is 6.08 Å². The summed E-state index contributed by atoms with van der Waals surface area (Å²) in [5, 5.41) is 0. The van der Waals surface area contributed by atoms with E-state index >= 15 is 0 Å². The minimum atomic E-state index is -0.810. The van der Waals surface area contributed by atoms with Crippen molar-refractivity contribution in [1.82, 2.24) is 0 Å². The second kappa shape index (κ2) is 66.1. The lowest BCUT2D eigenvalue weighted by atomic mass is 10.0. The molecule has 6 heteroatoms. The molecule has 0 aromatic rings. The first kappa shape index (κ1) is 74.6. The molecule has 0 rings (SSSR count). The maximum Gasteiger partial charge on any atom is 0.306 e. The van der Waals surface area contributed by atoms with Gasteiger partial charge >= 0.3 is 17.9 Å². The summed E-state index contributed by atoms with van der Waals surface area (Å²) >= 11 is 0. The van der Waals surface area contributed by atoms with Gasteiger partial charge in [-0.3, -0.25) is 14.4 Å². The Hall–Kier alpha value is -3.41. The summed E-state index contributed by atoms with van der Waals surface area (Å²) < 4.78 is 16.9. The summed E-state index contributed by atoms with van der Waals surface area (Å²) in [5.41, 5.74) is 0. The predicted octanol–water partition coefficient (Wildman–Crippen LogP) is 23.1. The molecule has 0 fully saturated rings. The van der Waals surface area contributed by atoms with Gasteiger partial charge in [0.05, 0.1) is 0 Å². The molecule has 0 N–H and O–H groups in total. The molecule has 6 nitrogen and oxygen atoms in total. The van der Waals surface area contributed by atoms with Gasteiger partial charge in [0.1, 0.15) is 13.2 Å². The summed E-state index contributed by atoms with van der Waals surface area (Å²) in [6, 6.07) is 0. The third kappa shape index (κ3) is 63.4. The predicted molar refractivity (Wildman–Crippen MR) is 339 cm³/mol. The SMILES string of the molecule is CC/C=C\C/C=C\C/C=C\C/C=C\CCC(=O)OCC(COC(=O)CCCCCCCCCCCCCCCCCCC/C=C\CCCCCCCCCC)OC(=O)CCCCCCCCC/C=C\C/C=C\CCCCCC. The van der Waals surface area contributed by atoms with Crippen molar-refractivity contribution in [3.63, 3.8) is 0 Å². The van der Waals surface area contributed by atoms with Gasteiger partial charge in [-0.2, -0.15) is 0 Å². The average Bonchev–Trinajstić information content (AvgIpc) is 3.44. The van der Waals surface area contributed by atoms with Crippen LogP contribution >= 0.6 is 0 Å². The van der Waals surface area contributed by atoms with Crippen molar-refractivity contribution in [1.29, 1.82) is 0 Å². The lowest BCUT2D eigenvalue weighted by molar-refractivity contribution is -0.166. The van der Waals surface area contributed by atoms with Gasteiger partial charge in [-0.15, -0.1) is 0 Å². The van der Waals surface area contributed by atoms with Crippen LogP contribution in [0.25, 0.3) is 0 Å². The molecule has 0 bridgehead atoms. The number of hydrogen-bond acceptors (Lipinski definition) is 6. The Morgan fingerprint density at radius 1 is 0.269 bits per heavy atom. The Labute approximate surface area is 484 Å². The van der Waals surface area contributed by atoms with Crippen LogP contribution < -0.4 is 0 Å². The molecule has 78 heavy (non-hydrogen) atoms. The Bertz CT molecular complexity index is 1480. The van der Waals surface area contributed by atoms with Gasteiger partial charge in [0.15, 0.2) is 6.10 Å². The molecule has 0 radical (unpaired) electrons. The molecular weight excluding hydrogens is 961 g/mol. The Kier molecular flexibility index (Phi) is 63.2. The minimum Gasteiger partial charge on any atom is -0.462 e. The molecule has 0 saturated carbocycles. The van der Waals surface area contributed by atoms with Crippen molar-refractivity contribution < 1.29 is 28.6 Å². The molecule has 0 heterocycles. The molecule has 0 aromatic carbocycles. The topological polar surface area (TPSA) is 78.9 Å². The maximum atomic E-state index is 12.9. The molecule has 1 atom stereocenters. The number of carbonyl (C=O) groups excluding carboxylic acids is 3. The van der Waals surface area contributed by atoms with E-state index in [4.69, 9.17) is 14.2 Å². The van der Waals surface area contributed by atoms with Crippen LogP contribution in [0.2, 0.25) is 0 Å². The molecular formula is C72H126O6. The molecule has 0 amide bonds. The van der Waals surface area contributed by atoms with Crippen LogP contribution in [0.4, 0.5) is 0 Å². The second-order valence-corrected chi connectivity index (χ2v) is 22.3. The van der Waals surface area contributed by atoms with Gasteiger partial charge in [-0.25, -0.2) is 0 Å². The highest BCUT2D eigenvalue weighted by Gasteiger charge is 2.19. The third-order valence-corrected chi connectivity index (χ3v) is 14.6. The molecule has 0 aromatic heterocycles. The highest BCUT2D eigenvalue weighted by Crippen LogP contribution is 2.17. The summed E-state index contributed by atoms with van der Waals surface area (Å²) in [4.78, 5) is 38.3. The fraction of sp³-hybridized carbons (Fsp3) is 0.764. The largest absolute Gasteiger partial charge is 0.462 e. The quantitative estimate of drug-likeness (QED) is 0.0261. The van der Waals surface area contributed by atoms with Crippen LogP contribution in [0.5, 0.6) is 0 Å². The monoisotopic (exact) mass is 1090 g/mol. The fourth-order valence-corrected chi connectivity index (χ4v) is 9.60. The van der Waals surface area contributed by atoms with Gasteiger partial charge < -0.3 is 14.2 Å². The smallest absolute Gasteiger partial charge is 0.306 e. The Morgan fingerprint density at radius 2 is 0.526 bits per heavy atom. The Balaban J connectivity index is 4.25. The number of esters is 3. The lowest BCUT2D eigenvalue weighted by Gasteiger charge is -2.18. The number of allylic oxidation sites excluding steroid dienone is 14. The van der Waals surface area contributed by atoms with E-state index in [0.717, 1.165) is 77.0 Å². The van der Waals surface area contributed by atoms with Crippen molar-refractivity contribution in [2.75, 3.05) is 13.2 Å². The van der Waals surface area contributed by atoms with Crippen molar-refractivity contribution >= 4 is 17.9 Å². The Morgan fingerprint density at radius 3 is 0.885 bits per heavy atom. The molecule has 0 aliphatic heterocycles. The van der Waals surface area contributed by atoms with E-state index in [0.29, 0.717) is 19.3 Å². The van der Waals surface area contributed by atoms with Crippen LogP contribution in [-0.4, -0.2) is 37.2 Å². The van der Waals surface area contributed by atoms with E-state index in [-0.39, 0.29) is 37.5 Å². The fourth-order valence-electron chi connectivity index (χ4n) is 9.60. The van der Waals surface area contributed by atoms with E-state index in [1.54, 1.807) is 0 Å². The van der Waals surface area contributed by atoms with Gasteiger partial charge in [-0.05, 0) is 103 Å². The van der Waals surface area contributed by atoms with Gasteiger partial charge in [0.25, 0.3) is 0 Å². The zero-order valence-corrected chi connectivity index (χ0v) is 51.7. The normalized spacial score (nSPS) is 12.6. The van der Waals surface area contributed by atoms with Crippen LogP contribution in [0.3, 0.4) is 0 Å². The third-order valence-electron chi connectivity index (χ3n) is 14.6. The van der Waals surface area contributed by atoms with Crippen LogP contribution in [-0.2, 0) is 28.6 Å². The summed E-state index contributed by atoms with van der Waals surface area (Å²) in [6.45, 7) is 6.47. The first-order valence-electron chi connectivity index (χ1n) is 33.6. The number of unbranched alkanes of at least 4 members (excludes halogenated alkanes) is 36. The van der Waals surface area contributed by atoms with E-state index in [2.05, 4.69) is 99.8 Å². The minimum absolute atomic E-state index is 0.0997. The molecule has 450 valence electrons. The second-order valence-electron chi connectivity index (χ2n) is 22.3. The van der Waals surface area contributed by atoms with E-state index in [1.165, 1.54) is 212 Å². The lowest BCUT2D eigenvalue weighted by Crippen LogP contribution is -2.30. The number of rotatable bonds is 61. The van der Waals surface area contributed by atoms with Crippen molar-refractivity contribution in [3.05, 3.63) is 85.1 Å². The van der Waals surface area contributed by atoms with Crippen LogP contribution in [0.15, 0.2) is 85.1 Å². The van der Waals surface area contributed by atoms with E-state index < -0.39 is 6.10 Å². The zero-order valence-electron chi connectivity index (χ0n) is 51.7. The molecule has 0 aliphatic carbocycles. The molecule has 0 spiro atoms. The van der Waals surface area contributed by atoms with E-state index in [9.17, 15) is 14.4 Å². The maximum absolute atomic E-state index is 12.9. The molecule has 0 saturated heterocycles. The number of carbonyl (C=O) groups is 3. The van der Waals surface area contributed by atoms with Crippen LogP contribution in [0.1, 0.15) is 335 Å². The summed E-state index contributed by atoms with van der Waals surface area (Å²) in [5.74, 6) is -0.980. The van der Waals surface area contributed by atoms with Gasteiger partial charge in [-0.1, -0.05) is 298 Å². The first-order chi connectivity index (χ1) is 38.5. The highest BCUT2D eigenvalue weighted by atomic mass is 16.6. The van der Waals surface area contributed by atoms with Crippen LogP contribution in [0, 0.1) is 0 Å². The first-order valence-corrected chi connectivity index (χ1v) is 33.6.